The number of para-hydroxylation sites is 2. The summed E-state index contributed by atoms with van der Waals surface area (Å²) in [6, 6.07) is 25.4. The molecule has 0 saturated heterocycles. The fourth-order valence-electron chi connectivity index (χ4n) is 5.88. The predicted molar refractivity (Wildman–Crippen MR) is 149 cm³/mol. The van der Waals surface area contributed by atoms with Crippen molar-refractivity contribution in [2.24, 2.45) is 0 Å². The van der Waals surface area contributed by atoms with Crippen molar-refractivity contribution in [1.82, 2.24) is 9.13 Å². The van der Waals surface area contributed by atoms with Crippen molar-refractivity contribution in [3.8, 4) is 29.6 Å². The van der Waals surface area contributed by atoms with Crippen LogP contribution in [0.3, 0.4) is 0 Å². The molecule has 2 aromatic heterocycles. The first kappa shape index (κ1) is 25.8. The molecule has 0 saturated carbocycles. The summed E-state index contributed by atoms with van der Waals surface area (Å²) in [5.41, 5.74) is 0.426. The number of aromatic nitrogens is 2. The van der Waals surface area contributed by atoms with Crippen LogP contribution in [-0.2, 0) is 0 Å². The van der Waals surface area contributed by atoms with Crippen molar-refractivity contribution < 1.29 is 22.0 Å². The SMILES string of the molecule is N#Cc1cc(C#N)c(-n2c3ccccc3c3c2ccc2c4ccccc4n(-c4c(F)c(F)c(F)c(F)c4F)c23)c(C#N)c1. The van der Waals surface area contributed by atoms with Crippen LogP contribution in [0, 0.1) is 63.1 Å². The molecule has 5 aromatic carbocycles. The minimum atomic E-state index is -2.27. The molecule has 7 rings (SSSR count). The van der Waals surface area contributed by atoms with Gasteiger partial charge in [0.15, 0.2) is 23.3 Å². The van der Waals surface area contributed by atoms with E-state index in [0.717, 1.165) is 4.57 Å². The van der Waals surface area contributed by atoms with Crippen molar-refractivity contribution >= 4 is 43.6 Å². The number of hydrogen-bond donors (Lipinski definition) is 0. The topological polar surface area (TPSA) is 81.2 Å². The highest BCUT2D eigenvalue weighted by atomic mass is 19.2. The van der Waals surface area contributed by atoms with Gasteiger partial charge in [0.05, 0.1) is 50.5 Å². The minimum absolute atomic E-state index is 0.0265. The van der Waals surface area contributed by atoms with Crippen molar-refractivity contribution in [1.29, 1.82) is 15.8 Å². The third-order valence-electron chi connectivity index (χ3n) is 7.58. The van der Waals surface area contributed by atoms with Gasteiger partial charge in [-0.15, -0.1) is 0 Å². The molecule has 0 spiro atoms. The summed E-state index contributed by atoms with van der Waals surface area (Å²) in [5, 5.41) is 31.4. The van der Waals surface area contributed by atoms with Gasteiger partial charge in [-0.05, 0) is 30.3 Å². The van der Waals surface area contributed by atoms with Crippen LogP contribution in [-0.4, -0.2) is 9.13 Å². The molecule has 5 nitrogen and oxygen atoms in total. The lowest BCUT2D eigenvalue weighted by molar-refractivity contribution is 0.376. The van der Waals surface area contributed by atoms with Gasteiger partial charge < -0.3 is 9.13 Å². The fourth-order valence-corrected chi connectivity index (χ4v) is 5.88. The molecule has 7 aromatic rings. The van der Waals surface area contributed by atoms with Gasteiger partial charge in [0, 0.05) is 21.5 Å². The molecule has 0 N–H and O–H groups in total. The summed E-state index contributed by atoms with van der Waals surface area (Å²) in [5.74, 6) is -10.4. The lowest BCUT2D eigenvalue weighted by Gasteiger charge is -2.14. The highest BCUT2D eigenvalue weighted by molar-refractivity contribution is 6.26. The van der Waals surface area contributed by atoms with Gasteiger partial charge in [-0.3, -0.25) is 0 Å². The first-order chi connectivity index (χ1) is 20.8. The van der Waals surface area contributed by atoms with E-state index in [9.17, 15) is 29.0 Å². The van der Waals surface area contributed by atoms with Crippen LogP contribution in [0.25, 0.3) is 55.0 Å². The first-order valence-electron chi connectivity index (χ1n) is 12.7. The zero-order valence-electron chi connectivity index (χ0n) is 21.6. The molecule has 0 amide bonds. The summed E-state index contributed by atoms with van der Waals surface area (Å²) < 4.78 is 76.7. The van der Waals surface area contributed by atoms with Crippen molar-refractivity contribution in [3.05, 3.63) is 119 Å². The molecule has 0 aliphatic heterocycles. The molecule has 43 heavy (non-hydrogen) atoms. The summed E-state index contributed by atoms with van der Waals surface area (Å²) in [6.45, 7) is 0. The lowest BCUT2D eigenvalue weighted by atomic mass is 10.0. The highest BCUT2D eigenvalue weighted by Gasteiger charge is 2.30. The predicted octanol–water partition coefficient (Wildman–Crippen LogP) is 8.19. The fraction of sp³-hybridized carbons (Fsp3) is 0. The molecule has 0 atom stereocenters. The van der Waals surface area contributed by atoms with Crippen molar-refractivity contribution in [2.75, 3.05) is 0 Å². The minimum Gasteiger partial charge on any atom is -0.307 e. The van der Waals surface area contributed by atoms with E-state index in [-0.39, 0.29) is 33.4 Å². The molecule has 0 aliphatic carbocycles. The van der Waals surface area contributed by atoms with Crippen LogP contribution < -0.4 is 0 Å². The Balaban J connectivity index is 1.78. The maximum absolute atomic E-state index is 15.4. The Morgan fingerprint density at radius 2 is 1.02 bits per heavy atom. The Kier molecular flexibility index (Phi) is 5.49. The number of rotatable bonds is 2. The average molecular weight is 573 g/mol. The zero-order valence-corrected chi connectivity index (χ0v) is 21.6. The van der Waals surface area contributed by atoms with E-state index in [1.165, 1.54) is 18.2 Å². The van der Waals surface area contributed by atoms with Gasteiger partial charge in [-0.2, -0.15) is 15.8 Å². The average Bonchev–Trinajstić information content (AvgIpc) is 3.55. The molecule has 0 aliphatic rings. The Morgan fingerprint density at radius 1 is 0.488 bits per heavy atom. The second-order valence-electron chi connectivity index (χ2n) is 9.73. The van der Waals surface area contributed by atoms with E-state index in [1.54, 1.807) is 59.2 Å². The van der Waals surface area contributed by atoms with Crippen LogP contribution in [0.4, 0.5) is 22.0 Å². The van der Waals surface area contributed by atoms with E-state index in [0.29, 0.717) is 32.6 Å². The van der Waals surface area contributed by atoms with E-state index in [4.69, 9.17) is 0 Å². The third-order valence-corrected chi connectivity index (χ3v) is 7.58. The number of benzene rings is 5. The zero-order chi connectivity index (χ0) is 30.2. The molecular weight excluding hydrogens is 561 g/mol. The Labute approximate surface area is 238 Å². The number of nitrogens with zero attached hydrogens (tertiary/aromatic N) is 5. The number of hydrogen-bond acceptors (Lipinski definition) is 3. The van der Waals surface area contributed by atoms with Crippen LogP contribution in [0.5, 0.6) is 0 Å². The highest BCUT2D eigenvalue weighted by Crippen LogP contribution is 2.43. The van der Waals surface area contributed by atoms with E-state index >= 15 is 8.78 Å². The number of halogens is 5. The normalized spacial score (nSPS) is 11.3. The molecule has 10 heteroatoms. The van der Waals surface area contributed by atoms with Gasteiger partial charge in [0.25, 0.3) is 0 Å². The summed E-state index contributed by atoms with van der Waals surface area (Å²) >= 11 is 0. The molecule has 0 bridgehead atoms. The quantitative estimate of drug-likeness (QED) is 0.119. The summed E-state index contributed by atoms with van der Waals surface area (Å²) in [6.07, 6.45) is 0. The van der Waals surface area contributed by atoms with Crippen LogP contribution in [0.15, 0.2) is 72.8 Å². The van der Waals surface area contributed by atoms with Crippen LogP contribution >= 0.6 is 0 Å². The lowest BCUT2D eigenvalue weighted by Crippen LogP contribution is -2.09. The Morgan fingerprint density at radius 3 is 1.60 bits per heavy atom. The Hall–Kier alpha value is -6.18. The molecule has 2 heterocycles. The largest absolute Gasteiger partial charge is 0.307 e. The smallest absolute Gasteiger partial charge is 0.200 e. The standard InChI is InChI=1S/C33H12F5N5/c34-26-27(35)29(37)33(30(38)28(26)36)43-22-7-3-1-5-19(22)20-9-10-24-25(32(20)43)21-6-2-4-8-23(21)42(24)31-17(14-40)11-16(13-39)12-18(31)15-41/h1-12H. The second-order valence-corrected chi connectivity index (χ2v) is 9.73. The monoisotopic (exact) mass is 573 g/mol. The second kappa shape index (κ2) is 9.17. The maximum atomic E-state index is 15.4. The summed E-state index contributed by atoms with van der Waals surface area (Å²) in [7, 11) is 0. The number of fused-ring (bicyclic) bond motifs is 7. The van der Waals surface area contributed by atoms with Crippen molar-refractivity contribution in [2.45, 2.75) is 0 Å². The van der Waals surface area contributed by atoms with Gasteiger partial charge in [0.2, 0.25) is 5.82 Å². The molecular formula is C33H12F5N5. The van der Waals surface area contributed by atoms with Crippen LogP contribution in [0.2, 0.25) is 0 Å². The van der Waals surface area contributed by atoms with Gasteiger partial charge in [0.1, 0.15) is 17.8 Å². The van der Waals surface area contributed by atoms with E-state index in [2.05, 4.69) is 0 Å². The molecule has 204 valence electrons. The van der Waals surface area contributed by atoms with Gasteiger partial charge in [-0.25, -0.2) is 22.0 Å². The summed E-state index contributed by atoms with van der Waals surface area (Å²) in [4.78, 5) is 0. The van der Waals surface area contributed by atoms with E-state index in [1.807, 2.05) is 18.2 Å². The molecule has 0 unspecified atom stereocenters. The molecule has 0 radical (unpaired) electrons. The third kappa shape index (κ3) is 3.34. The first-order valence-corrected chi connectivity index (χ1v) is 12.7. The van der Waals surface area contributed by atoms with Crippen LogP contribution in [0.1, 0.15) is 16.7 Å². The van der Waals surface area contributed by atoms with Gasteiger partial charge in [-0.1, -0.05) is 42.5 Å². The van der Waals surface area contributed by atoms with Gasteiger partial charge >= 0.3 is 0 Å². The molecule has 0 fully saturated rings. The maximum Gasteiger partial charge on any atom is 0.200 e. The van der Waals surface area contributed by atoms with Crippen molar-refractivity contribution in [3.63, 3.8) is 0 Å². The van der Waals surface area contributed by atoms with E-state index < -0.39 is 34.8 Å². The number of nitriles is 3. The Bertz CT molecular complexity index is 2440.